The van der Waals surface area contributed by atoms with E-state index in [1.54, 1.807) is 0 Å². The van der Waals surface area contributed by atoms with Gasteiger partial charge in [-0.25, -0.2) is 4.48 Å². The first-order valence-corrected chi connectivity index (χ1v) is 5.29. The third-order valence-corrected chi connectivity index (χ3v) is 3.23. The predicted molar refractivity (Wildman–Crippen MR) is 55.0 cm³/mol. The van der Waals surface area contributed by atoms with Crippen molar-refractivity contribution in [2.75, 3.05) is 33.8 Å². The molecule has 0 spiro atoms. The van der Waals surface area contributed by atoms with Gasteiger partial charge in [0, 0.05) is 19.5 Å². The predicted octanol–water partition coefficient (Wildman–Crippen LogP) is 0.971. The number of carbonyl (C=O) groups is 1. The first-order chi connectivity index (χ1) is 6.65. The van der Waals surface area contributed by atoms with Crippen molar-refractivity contribution in [3.8, 4) is 0 Å². The molecule has 1 fully saturated rings. The van der Waals surface area contributed by atoms with Gasteiger partial charge in [0.2, 0.25) is 0 Å². The van der Waals surface area contributed by atoms with E-state index in [1.807, 2.05) is 7.05 Å². The third kappa shape index (κ3) is 2.07. The highest BCUT2D eigenvalue weighted by molar-refractivity contribution is 5.59. The molecule has 2 atom stereocenters. The van der Waals surface area contributed by atoms with E-state index in [-0.39, 0.29) is 6.09 Å². The summed E-state index contributed by atoms with van der Waals surface area (Å²) in [5, 5.41) is 3.36. The van der Waals surface area contributed by atoms with Gasteiger partial charge in [-0.3, -0.25) is 0 Å². The highest BCUT2D eigenvalue weighted by Gasteiger charge is 2.41. The summed E-state index contributed by atoms with van der Waals surface area (Å²) in [6, 6.07) is 0.338. The highest BCUT2D eigenvalue weighted by atomic mass is 16.5. The summed E-state index contributed by atoms with van der Waals surface area (Å²) in [5.41, 5.74) is 0. The molecule has 0 bridgehead atoms. The van der Waals surface area contributed by atoms with Gasteiger partial charge in [-0.15, -0.1) is 0 Å². The Morgan fingerprint density at radius 2 is 2.36 bits per heavy atom. The molecule has 4 nitrogen and oxygen atoms in total. The van der Waals surface area contributed by atoms with E-state index in [9.17, 15) is 4.79 Å². The standard InChI is InChI=1S/C10H21N2O2/c1-4-9-8-11-6-5-7-12(9,2)10(13)14-3/h9,11H,4-8H2,1-3H3/q+1. The molecular weight excluding hydrogens is 180 g/mol. The van der Waals surface area contributed by atoms with Crippen LogP contribution in [-0.2, 0) is 4.74 Å². The second-order valence-corrected chi connectivity index (χ2v) is 4.08. The number of nitrogens with one attached hydrogen (secondary N) is 1. The Hall–Kier alpha value is -0.610. The van der Waals surface area contributed by atoms with Crippen molar-refractivity contribution in [2.24, 2.45) is 0 Å². The summed E-state index contributed by atoms with van der Waals surface area (Å²) in [7, 11) is 3.45. The fourth-order valence-electron chi connectivity index (χ4n) is 2.18. The summed E-state index contributed by atoms with van der Waals surface area (Å²) in [4.78, 5) is 11.7. The molecular formula is C10H21N2O2+. The Bertz CT molecular complexity index is 208. The average Bonchev–Trinajstić information content (AvgIpc) is 2.39. The quantitative estimate of drug-likeness (QED) is 0.642. The molecule has 2 unspecified atom stereocenters. The molecule has 0 aromatic carbocycles. The number of hydrogen-bond acceptors (Lipinski definition) is 3. The molecule has 82 valence electrons. The number of hydrogen-bond donors (Lipinski definition) is 1. The van der Waals surface area contributed by atoms with Crippen molar-refractivity contribution < 1.29 is 14.0 Å². The fourth-order valence-corrected chi connectivity index (χ4v) is 2.18. The van der Waals surface area contributed by atoms with E-state index in [1.165, 1.54) is 7.11 Å². The van der Waals surface area contributed by atoms with E-state index in [2.05, 4.69) is 12.2 Å². The lowest BCUT2D eigenvalue weighted by atomic mass is 10.1. The van der Waals surface area contributed by atoms with Crippen LogP contribution < -0.4 is 5.32 Å². The lowest BCUT2D eigenvalue weighted by Gasteiger charge is -2.35. The van der Waals surface area contributed by atoms with Crippen LogP contribution in [0.25, 0.3) is 0 Å². The largest absolute Gasteiger partial charge is 0.515 e. The van der Waals surface area contributed by atoms with Crippen molar-refractivity contribution in [2.45, 2.75) is 25.8 Å². The van der Waals surface area contributed by atoms with Gasteiger partial charge in [0.05, 0.1) is 20.7 Å². The smallest absolute Gasteiger partial charge is 0.423 e. The maximum Gasteiger partial charge on any atom is 0.515 e. The molecule has 1 aliphatic rings. The van der Waals surface area contributed by atoms with E-state index in [4.69, 9.17) is 4.74 Å². The molecule has 0 aromatic rings. The first kappa shape index (κ1) is 11.5. The van der Waals surface area contributed by atoms with Crippen LogP contribution in [0, 0.1) is 0 Å². The Kier molecular flexibility index (Phi) is 3.89. The van der Waals surface area contributed by atoms with Crippen molar-refractivity contribution in [3.05, 3.63) is 0 Å². The van der Waals surface area contributed by atoms with E-state index in [0.29, 0.717) is 10.5 Å². The van der Waals surface area contributed by atoms with E-state index < -0.39 is 0 Å². The maximum absolute atomic E-state index is 11.7. The van der Waals surface area contributed by atoms with Gasteiger partial charge in [0.25, 0.3) is 0 Å². The minimum Gasteiger partial charge on any atom is -0.423 e. The van der Waals surface area contributed by atoms with Gasteiger partial charge < -0.3 is 10.1 Å². The molecule has 1 N–H and O–H groups in total. The number of ether oxygens (including phenoxy) is 1. The summed E-state index contributed by atoms with van der Waals surface area (Å²) in [5.74, 6) is 0. The molecule has 1 saturated heterocycles. The summed E-state index contributed by atoms with van der Waals surface area (Å²) >= 11 is 0. The molecule has 14 heavy (non-hydrogen) atoms. The molecule has 0 saturated carbocycles. The molecule has 0 aliphatic carbocycles. The number of methoxy groups -OCH3 is 1. The van der Waals surface area contributed by atoms with E-state index in [0.717, 1.165) is 32.5 Å². The zero-order chi connectivity index (χ0) is 10.6. The summed E-state index contributed by atoms with van der Waals surface area (Å²) in [6.45, 7) is 4.90. The number of nitrogens with zero attached hydrogens (tertiary/aromatic N) is 1. The average molecular weight is 201 g/mol. The Morgan fingerprint density at radius 3 is 2.93 bits per heavy atom. The normalized spacial score (nSPS) is 33.5. The van der Waals surface area contributed by atoms with Crippen LogP contribution in [0.5, 0.6) is 0 Å². The van der Waals surface area contributed by atoms with Crippen LogP contribution in [0.4, 0.5) is 4.79 Å². The van der Waals surface area contributed by atoms with Gasteiger partial charge in [-0.05, 0) is 6.42 Å². The maximum atomic E-state index is 11.7. The SMILES string of the molecule is CCC1CNCCC[N+]1(C)C(=O)OC. The Labute approximate surface area is 85.8 Å². The number of rotatable bonds is 1. The van der Waals surface area contributed by atoms with Crippen molar-refractivity contribution in [3.63, 3.8) is 0 Å². The minimum atomic E-state index is -0.111. The summed E-state index contributed by atoms with van der Waals surface area (Å²) < 4.78 is 5.30. The Balaban J connectivity index is 2.82. The highest BCUT2D eigenvalue weighted by Crippen LogP contribution is 2.18. The van der Waals surface area contributed by atoms with Crippen molar-refractivity contribution >= 4 is 6.09 Å². The Morgan fingerprint density at radius 1 is 1.64 bits per heavy atom. The van der Waals surface area contributed by atoms with Gasteiger partial charge in [-0.1, -0.05) is 6.92 Å². The molecule has 1 amide bonds. The first-order valence-electron chi connectivity index (χ1n) is 5.29. The van der Waals surface area contributed by atoms with Crippen molar-refractivity contribution in [1.82, 2.24) is 5.32 Å². The molecule has 0 radical (unpaired) electrons. The molecule has 4 heteroatoms. The van der Waals surface area contributed by atoms with Gasteiger partial charge in [-0.2, -0.15) is 4.79 Å². The molecule has 1 rings (SSSR count). The second kappa shape index (κ2) is 4.75. The number of carbonyl (C=O) groups excluding carboxylic acids is 1. The van der Waals surface area contributed by atoms with Crippen molar-refractivity contribution in [1.29, 1.82) is 0 Å². The van der Waals surface area contributed by atoms with Crippen LogP contribution in [0.3, 0.4) is 0 Å². The number of likely N-dealkylation sites (N-methyl/N-ethyl adjacent to an activating group) is 1. The topological polar surface area (TPSA) is 38.3 Å². The molecule has 1 heterocycles. The van der Waals surface area contributed by atoms with Crippen LogP contribution in [0.2, 0.25) is 0 Å². The van der Waals surface area contributed by atoms with Crippen LogP contribution in [0.1, 0.15) is 19.8 Å². The molecule has 0 aromatic heterocycles. The zero-order valence-electron chi connectivity index (χ0n) is 9.38. The number of amides is 1. The van der Waals surface area contributed by atoms with Gasteiger partial charge in [0.15, 0.2) is 0 Å². The fraction of sp³-hybridized carbons (Fsp3) is 0.900. The van der Waals surface area contributed by atoms with Crippen LogP contribution in [-0.4, -0.2) is 50.4 Å². The minimum absolute atomic E-state index is 0.111. The second-order valence-electron chi connectivity index (χ2n) is 4.08. The van der Waals surface area contributed by atoms with Crippen LogP contribution in [0.15, 0.2) is 0 Å². The monoisotopic (exact) mass is 201 g/mol. The van der Waals surface area contributed by atoms with Crippen LogP contribution >= 0.6 is 0 Å². The lowest BCUT2D eigenvalue weighted by molar-refractivity contribution is -0.861. The summed E-state index contributed by atoms with van der Waals surface area (Å²) in [6.07, 6.45) is 1.92. The van der Waals surface area contributed by atoms with Gasteiger partial charge in [0.1, 0.15) is 6.04 Å². The van der Waals surface area contributed by atoms with Gasteiger partial charge >= 0.3 is 6.09 Å². The zero-order valence-corrected chi connectivity index (χ0v) is 9.38. The third-order valence-electron chi connectivity index (χ3n) is 3.23. The number of quaternary nitrogens is 1. The molecule has 1 aliphatic heterocycles. The lowest BCUT2D eigenvalue weighted by Crippen LogP contribution is -2.58. The van der Waals surface area contributed by atoms with E-state index >= 15 is 0 Å².